The lowest BCUT2D eigenvalue weighted by Gasteiger charge is -2.13. The van der Waals surface area contributed by atoms with Gasteiger partial charge in [-0.05, 0) is 11.8 Å². The first-order valence-corrected chi connectivity index (χ1v) is 7.24. The summed E-state index contributed by atoms with van der Waals surface area (Å²) in [5.41, 5.74) is 1.22. The number of aromatic nitrogens is 2. The summed E-state index contributed by atoms with van der Waals surface area (Å²) < 4.78 is 0. The van der Waals surface area contributed by atoms with Gasteiger partial charge in [0.2, 0.25) is 0 Å². The first-order chi connectivity index (χ1) is 9.76. The lowest BCUT2D eigenvalue weighted by atomic mass is 10.1. The fourth-order valence-corrected chi connectivity index (χ4v) is 2.24. The van der Waals surface area contributed by atoms with E-state index in [-0.39, 0.29) is 6.54 Å². The Morgan fingerprint density at radius 3 is 2.75 bits per heavy atom. The Bertz CT molecular complexity index is 612. The molecule has 102 valence electrons. The molecule has 0 saturated heterocycles. The molecule has 20 heavy (non-hydrogen) atoms. The summed E-state index contributed by atoms with van der Waals surface area (Å²) in [6.07, 6.45) is 2.60. The minimum atomic E-state index is -0.657. The van der Waals surface area contributed by atoms with Crippen molar-refractivity contribution in [1.29, 1.82) is 5.26 Å². The van der Waals surface area contributed by atoms with Crippen molar-refractivity contribution in [2.45, 2.75) is 11.1 Å². The van der Waals surface area contributed by atoms with E-state index in [4.69, 9.17) is 5.26 Å². The van der Waals surface area contributed by atoms with Gasteiger partial charge in [-0.25, -0.2) is 9.97 Å². The molecule has 1 heterocycles. The summed E-state index contributed by atoms with van der Waals surface area (Å²) >= 11 is 1.39. The van der Waals surface area contributed by atoms with Crippen LogP contribution in [0.5, 0.6) is 0 Å². The second-order valence-corrected chi connectivity index (χ2v) is 4.82. The first-order valence-electron chi connectivity index (χ1n) is 6.02. The van der Waals surface area contributed by atoms with E-state index < -0.39 is 6.10 Å². The smallest absolute Gasteiger partial charge is 0.148 e. The first kappa shape index (κ1) is 14.3. The molecule has 2 rings (SSSR count). The van der Waals surface area contributed by atoms with Crippen LogP contribution in [0.25, 0.3) is 0 Å². The fourth-order valence-electron chi connectivity index (χ4n) is 1.75. The number of hydrogen-bond donors (Lipinski definition) is 2. The van der Waals surface area contributed by atoms with Crippen molar-refractivity contribution < 1.29 is 5.11 Å². The Morgan fingerprint density at radius 2 is 2.10 bits per heavy atom. The zero-order valence-electron chi connectivity index (χ0n) is 10.9. The topological polar surface area (TPSA) is 81.8 Å². The van der Waals surface area contributed by atoms with E-state index in [1.54, 1.807) is 0 Å². The number of nitrogens with one attached hydrogen (secondary N) is 1. The third-order valence-corrected chi connectivity index (χ3v) is 3.46. The molecule has 1 aromatic heterocycles. The molecular formula is C14H14N4OS. The molecule has 0 amide bonds. The largest absolute Gasteiger partial charge is 0.387 e. The third-order valence-electron chi connectivity index (χ3n) is 2.76. The number of nitriles is 1. The molecule has 0 radical (unpaired) electrons. The van der Waals surface area contributed by atoms with Gasteiger partial charge in [-0.15, -0.1) is 11.8 Å². The summed E-state index contributed by atoms with van der Waals surface area (Å²) in [6.45, 7) is 0.281. The van der Waals surface area contributed by atoms with Crippen molar-refractivity contribution in [1.82, 2.24) is 9.97 Å². The van der Waals surface area contributed by atoms with E-state index in [9.17, 15) is 5.11 Å². The molecule has 0 aliphatic rings. The van der Waals surface area contributed by atoms with Gasteiger partial charge in [0, 0.05) is 6.54 Å². The third kappa shape index (κ3) is 3.26. The number of nitrogens with zero attached hydrogens (tertiary/aromatic N) is 3. The zero-order chi connectivity index (χ0) is 14.4. The minimum Gasteiger partial charge on any atom is -0.387 e. The van der Waals surface area contributed by atoms with E-state index in [1.165, 1.54) is 18.1 Å². The molecule has 0 saturated carbocycles. The summed E-state index contributed by atoms with van der Waals surface area (Å²) in [6, 6.07) is 11.4. The molecule has 1 aromatic carbocycles. The Balaban J connectivity index is 2.10. The van der Waals surface area contributed by atoms with Crippen molar-refractivity contribution in [2.75, 3.05) is 18.1 Å². The van der Waals surface area contributed by atoms with Gasteiger partial charge in [-0.3, -0.25) is 0 Å². The second kappa shape index (κ2) is 6.89. The molecular weight excluding hydrogens is 272 g/mol. The molecule has 0 fully saturated rings. The van der Waals surface area contributed by atoms with E-state index in [0.717, 1.165) is 5.56 Å². The molecule has 1 unspecified atom stereocenters. The van der Waals surface area contributed by atoms with Crippen molar-refractivity contribution >= 4 is 17.6 Å². The zero-order valence-corrected chi connectivity index (χ0v) is 11.8. The molecule has 2 aromatic rings. The number of aliphatic hydroxyl groups excluding tert-OH is 1. The highest BCUT2D eigenvalue weighted by Crippen LogP contribution is 2.22. The van der Waals surface area contributed by atoms with E-state index in [0.29, 0.717) is 16.4 Å². The Labute approximate surface area is 121 Å². The summed E-state index contributed by atoms with van der Waals surface area (Å²) in [5.74, 6) is 0.446. The predicted molar refractivity (Wildman–Crippen MR) is 78.4 cm³/mol. The van der Waals surface area contributed by atoms with Gasteiger partial charge in [0.15, 0.2) is 0 Å². The number of thioether (sulfide) groups is 1. The Kier molecular flexibility index (Phi) is 4.93. The van der Waals surface area contributed by atoms with Crippen molar-refractivity contribution in [2.24, 2.45) is 0 Å². The van der Waals surface area contributed by atoms with Crippen LogP contribution < -0.4 is 5.32 Å². The maximum Gasteiger partial charge on any atom is 0.148 e. The van der Waals surface area contributed by atoms with E-state index >= 15 is 0 Å². The normalized spacial score (nSPS) is 11.7. The monoisotopic (exact) mass is 286 g/mol. The predicted octanol–water partition coefficient (Wildman–Crippen LogP) is 2.22. The highest BCUT2D eigenvalue weighted by atomic mass is 32.2. The van der Waals surface area contributed by atoms with Crippen LogP contribution in [0.2, 0.25) is 0 Å². The lowest BCUT2D eigenvalue weighted by molar-refractivity contribution is 0.191. The molecule has 0 bridgehead atoms. The van der Waals surface area contributed by atoms with Gasteiger partial charge >= 0.3 is 0 Å². The van der Waals surface area contributed by atoms with Gasteiger partial charge in [-0.1, -0.05) is 30.3 Å². The molecule has 2 N–H and O–H groups in total. The van der Waals surface area contributed by atoms with E-state index in [2.05, 4.69) is 21.4 Å². The van der Waals surface area contributed by atoms with Gasteiger partial charge in [0.25, 0.3) is 0 Å². The number of aliphatic hydroxyl groups is 1. The Morgan fingerprint density at radius 1 is 1.35 bits per heavy atom. The number of rotatable bonds is 5. The maximum absolute atomic E-state index is 10.1. The van der Waals surface area contributed by atoms with Crippen LogP contribution in [-0.4, -0.2) is 27.9 Å². The number of hydrogen-bond acceptors (Lipinski definition) is 6. The number of benzene rings is 1. The fraction of sp³-hybridized carbons (Fsp3) is 0.214. The van der Waals surface area contributed by atoms with Crippen LogP contribution in [0.4, 0.5) is 5.82 Å². The van der Waals surface area contributed by atoms with Crippen LogP contribution in [0.1, 0.15) is 17.2 Å². The number of anilines is 1. The SMILES string of the molecule is CSc1ncnc(NCC(O)c2ccccc2)c1C#N. The standard InChI is InChI=1S/C14H14N4OS/c1-20-14-11(7-15)13(17-9-18-14)16-8-12(19)10-5-3-2-4-6-10/h2-6,9,12,19H,8H2,1H3,(H,16,17,18). The van der Waals surface area contributed by atoms with Crippen LogP contribution in [0.15, 0.2) is 41.7 Å². The second-order valence-electron chi connectivity index (χ2n) is 4.03. The van der Waals surface area contributed by atoms with Crippen LogP contribution in [0, 0.1) is 11.3 Å². The molecule has 0 spiro atoms. The minimum absolute atomic E-state index is 0.281. The maximum atomic E-state index is 10.1. The highest BCUT2D eigenvalue weighted by molar-refractivity contribution is 7.98. The van der Waals surface area contributed by atoms with Crippen LogP contribution in [0.3, 0.4) is 0 Å². The van der Waals surface area contributed by atoms with Gasteiger partial charge in [-0.2, -0.15) is 5.26 Å². The quantitative estimate of drug-likeness (QED) is 0.648. The average Bonchev–Trinajstić information content (AvgIpc) is 2.52. The van der Waals surface area contributed by atoms with E-state index in [1.807, 2.05) is 36.6 Å². The summed E-state index contributed by atoms with van der Waals surface area (Å²) in [7, 11) is 0. The summed E-state index contributed by atoms with van der Waals surface area (Å²) in [5, 5.41) is 22.9. The van der Waals surface area contributed by atoms with Crippen molar-refractivity contribution in [3.05, 3.63) is 47.8 Å². The van der Waals surface area contributed by atoms with Crippen LogP contribution >= 0.6 is 11.8 Å². The molecule has 6 heteroatoms. The highest BCUT2D eigenvalue weighted by Gasteiger charge is 2.12. The molecule has 0 aliphatic carbocycles. The van der Waals surface area contributed by atoms with Gasteiger partial charge in [0.05, 0.1) is 6.10 Å². The molecule has 5 nitrogen and oxygen atoms in total. The lowest BCUT2D eigenvalue weighted by Crippen LogP contribution is -2.14. The van der Waals surface area contributed by atoms with Crippen molar-refractivity contribution in [3.63, 3.8) is 0 Å². The average molecular weight is 286 g/mol. The Hall–Kier alpha value is -2.10. The van der Waals surface area contributed by atoms with Crippen molar-refractivity contribution in [3.8, 4) is 6.07 Å². The van der Waals surface area contributed by atoms with Gasteiger partial charge < -0.3 is 10.4 Å². The molecule has 1 atom stereocenters. The summed E-state index contributed by atoms with van der Waals surface area (Å²) in [4.78, 5) is 8.10. The van der Waals surface area contributed by atoms with Gasteiger partial charge in [0.1, 0.15) is 28.8 Å². The van der Waals surface area contributed by atoms with Crippen LogP contribution in [-0.2, 0) is 0 Å². The molecule has 0 aliphatic heterocycles.